The first kappa shape index (κ1) is 9.02. The Morgan fingerprint density at radius 3 is 2.54 bits per heavy atom. The minimum absolute atomic E-state index is 0.242. The molecule has 0 aromatic carbocycles. The van der Waals surface area contributed by atoms with Crippen LogP contribution in [-0.2, 0) is 5.54 Å². The lowest BCUT2D eigenvalue weighted by Gasteiger charge is -2.09. The van der Waals surface area contributed by atoms with Gasteiger partial charge in [0.25, 0.3) is 5.92 Å². The number of aromatic nitrogens is 1. The van der Waals surface area contributed by atoms with Gasteiger partial charge in [-0.15, -0.1) is 0 Å². The Morgan fingerprint density at radius 2 is 2.08 bits per heavy atom. The molecule has 0 saturated heterocycles. The van der Waals surface area contributed by atoms with Crippen LogP contribution in [0.2, 0.25) is 0 Å². The molecule has 1 atom stereocenters. The summed E-state index contributed by atoms with van der Waals surface area (Å²) in [5.41, 5.74) is 4.18. The normalized spacial score (nSPS) is 30.2. The zero-order valence-corrected chi connectivity index (χ0v) is 8.18. The van der Waals surface area contributed by atoms with Crippen LogP contribution in [0.4, 0.5) is 8.78 Å². The van der Waals surface area contributed by atoms with Crippen molar-refractivity contribution in [1.29, 1.82) is 0 Å². The Labute approximate surface area is 82.3 Å². The van der Waals surface area contributed by atoms with Crippen LogP contribution in [0.1, 0.15) is 12.1 Å². The van der Waals surface area contributed by atoms with Crippen LogP contribution in [-0.4, -0.2) is 10.9 Å². The first-order valence-corrected chi connectivity index (χ1v) is 4.55. The molecule has 1 aromatic rings. The summed E-state index contributed by atoms with van der Waals surface area (Å²) >= 11 is 3.11. The average molecular weight is 249 g/mol. The van der Waals surface area contributed by atoms with E-state index in [0.29, 0.717) is 4.60 Å². The Morgan fingerprint density at radius 1 is 1.46 bits per heavy atom. The maximum atomic E-state index is 12.8. The Bertz CT molecular complexity index is 356. The minimum Gasteiger partial charge on any atom is -0.315 e. The fourth-order valence-corrected chi connectivity index (χ4v) is 1.58. The van der Waals surface area contributed by atoms with Crippen molar-refractivity contribution < 1.29 is 8.78 Å². The van der Waals surface area contributed by atoms with Crippen molar-refractivity contribution in [1.82, 2.24) is 4.98 Å². The molecule has 2 rings (SSSR count). The molecule has 1 heterocycles. The van der Waals surface area contributed by atoms with Gasteiger partial charge in [-0.05, 0) is 28.1 Å². The highest BCUT2D eigenvalue weighted by molar-refractivity contribution is 9.10. The number of hydrogen-bond donors (Lipinski definition) is 1. The molecule has 0 bridgehead atoms. The van der Waals surface area contributed by atoms with Crippen LogP contribution in [0.25, 0.3) is 0 Å². The van der Waals surface area contributed by atoms with Crippen LogP contribution in [0, 0.1) is 0 Å². The van der Waals surface area contributed by atoms with Crippen molar-refractivity contribution in [3.63, 3.8) is 0 Å². The van der Waals surface area contributed by atoms with E-state index >= 15 is 0 Å². The summed E-state index contributed by atoms with van der Waals surface area (Å²) < 4.78 is 26.2. The fraction of sp³-hybridized carbons (Fsp3) is 0.375. The molecule has 1 aliphatic rings. The highest BCUT2D eigenvalue weighted by Gasteiger charge is 2.70. The molecule has 1 saturated carbocycles. The third-order valence-corrected chi connectivity index (χ3v) is 2.64. The van der Waals surface area contributed by atoms with E-state index in [1.807, 2.05) is 0 Å². The molecule has 70 valence electrons. The van der Waals surface area contributed by atoms with Crippen molar-refractivity contribution in [3.8, 4) is 0 Å². The van der Waals surface area contributed by atoms with Crippen molar-refractivity contribution in [3.05, 3.63) is 28.5 Å². The highest BCUT2D eigenvalue weighted by atomic mass is 79.9. The van der Waals surface area contributed by atoms with E-state index in [4.69, 9.17) is 5.73 Å². The molecule has 5 heteroatoms. The van der Waals surface area contributed by atoms with E-state index in [1.165, 1.54) is 6.07 Å². The van der Waals surface area contributed by atoms with Crippen molar-refractivity contribution >= 4 is 15.9 Å². The second-order valence-corrected chi connectivity index (χ2v) is 4.01. The predicted octanol–water partition coefficient (Wildman–Crippen LogP) is 2.04. The molecule has 0 aliphatic heterocycles. The zero-order valence-electron chi connectivity index (χ0n) is 6.60. The van der Waals surface area contributed by atoms with Gasteiger partial charge >= 0.3 is 0 Å². The third kappa shape index (κ3) is 1.26. The van der Waals surface area contributed by atoms with Gasteiger partial charge in [-0.25, -0.2) is 13.8 Å². The molecule has 0 radical (unpaired) electrons. The lowest BCUT2D eigenvalue weighted by atomic mass is 10.2. The maximum Gasteiger partial charge on any atom is 0.273 e. The summed E-state index contributed by atoms with van der Waals surface area (Å²) in [5.74, 6) is -2.80. The van der Waals surface area contributed by atoms with Crippen molar-refractivity contribution in [2.24, 2.45) is 5.73 Å². The summed E-state index contributed by atoms with van der Waals surface area (Å²) in [4.78, 5) is 3.91. The Balaban J connectivity index is 2.38. The fourth-order valence-electron chi connectivity index (χ4n) is 1.24. The van der Waals surface area contributed by atoms with Crippen molar-refractivity contribution in [2.75, 3.05) is 0 Å². The minimum atomic E-state index is -2.80. The Kier molecular flexibility index (Phi) is 1.72. The van der Waals surface area contributed by atoms with E-state index in [2.05, 4.69) is 20.9 Å². The quantitative estimate of drug-likeness (QED) is 0.773. The summed E-state index contributed by atoms with van der Waals surface area (Å²) in [5, 5.41) is 0. The number of rotatable bonds is 1. The van der Waals surface area contributed by atoms with Crippen LogP contribution in [0.3, 0.4) is 0 Å². The van der Waals surface area contributed by atoms with Crippen LogP contribution < -0.4 is 5.73 Å². The topological polar surface area (TPSA) is 38.9 Å². The van der Waals surface area contributed by atoms with E-state index < -0.39 is 11.5 Å². The second kappa shape index (κ2) is 2.48. The van der Waals surface area contributed by atoms with Crippen LogP contribution >= 0.6 is 15.9 Å². The summed E-state index contributed by atoms with van der Waals surface area (Å²) in [6, 6.07) is 4.84. The first-order chi connectivity index (χ1) is 5.96. The third-order valence-electron chi connectivity index (χ3n) is 2.20. The van der Waals surface area contributed by atoms with E-state index in [1.54, 1.807) is 12.1 Å². The number of alkyl halides is 2. The lowest BCUT2D eigenvalue weighted by molar-refractivity contribution is 0.0881. The molecule has 1 aliphatic carbocycles. The van der Waals surface area contributed by atoms with Gasteiger partial charge in [0.05, 0.1) is 5.69 Å². The molecule has 0 spiro atoms. The largest absolute Gasteiger partial charge is 0.315 e. The number of pyridine rings is 1. The SMILES string of the molecule is NC1(c2cccc(Br)n2)CC1(F)F. The summed E-state index contributed by atoms with van der Waals surface area (Å²) in [6.07, 6.45) is -0.316. The molecule has 13 heavy (non-hydrogen) atoms. The molecule has 2 N–H and O–H groups in total. The molecule has 0 amide bonds. The average Bonchev–Trinajstić information content (AvgIpc) is 2.53. The Hall–Kier alpha value is -0.550. The predicted molar refractivity (Wildman–Crippen MR) is 47.4 cm³/mol. The smallest absolute Gasteiger partial charge is 0.273 e. The molecule has 1 aromatic heterocycles. The van der Waals surface area contributed by atoms with Gasteiger partial charge in [0.15, 0.2) is 0 Å². The number of halogens is 3. The maximum absolute atomic E-state index is 12.8. The molecule has 1 fully saturated rings. The van der Waals surface area contributed by atoms with Crippen LogP contribution in [0.15, 0.2) is 22.8 Å². The van der Waals surface area contributed by atoms with Gasteiger partial charge in [0, 0.05) is 6.42 Å². The summed E-state index contributed by atoms with van der Waals surface area (Å²) in [6.45, 7) is 0. The number of nitrogens with two attached hydrogens (primary N) is 1. The lowest BCUT2D eigenvalue weighted by Crippen LogP contribution is -2.28. The zero-order chi connectivity index (χ0) is 9.69. The van der Waals surface area contributed by atoms with E-state index in [0.717, 1.165) is 0 Å². The first-order valence-electron chi connectivity index (χ1n) is 3.75. The monoisotopic (exact) mass is 248 g/mol. The number of hydrogen-bond acceptors (Lipinski definition) is 2. The molecular weight excluding hydrogens is 242 g/mol. The summed E-state index contributed by atoms with van der Waals surface area (Å²) in [7, 11) is 0. The van der Waals surface area contributed by atoms with Gasteiger partial charge in [0.2, 0.25) is 0 Å². The van der Waals surface area contributed by atoms with E-state index in [9.17, 15) is 8.78 Å². The standard InChI is InChI=1S/C8H7BrF2N2/c9-6-3-1-2-5(13-6)7(12)4-8(7,10)11/h1-3H,4,12H2. The molecule has 1 unspecified atom stereocenters. The van der Waals surface area contributed by atoms with Gasteiger partial charge < -0.3 is 5.73 Å². The van der Waals surface area contributed by atoms with Crippen molar-refractivity contribution in [2.45, 2.75) is 17.9 Å². The van der Waals surface area contributed by atoms with Gasteiger partial charge in [0.1, 0.15) is 10.1 Å². The second-order valence-electron chi connectivity index (χ2n) is 3.20. The van der Waals surface area contributed by atoms with Crippen LogP contribution in [0.5, 0.6) is 0 Å². The molecular formula is C8H7BrF2N2. The van der Waals surface area contributed by atoms with Gasteiger partial charge in [-0.1, -0.05) is 6.07 Å². The van der Waals surface area contributed by atoms with E-state index in [-0.39, 0.29) is 12.1 Å². The van der Waals surface area contributed by atoms with Gasteiger partial charge in [-0.3, -0.25) is 0 Å². The number of nitrogens with zero attached hydrogens (tertiary/aromatic N) is 1. The molecule has 2 nitrogen and oxygen atoms in total. The highest BCUT2D eigenvalue weighted by Crippen LogP contribution is 2.56. The van der Waals surface area contributed by atoms with Gasteiger partial charge in [-0.2, -0.15) is 0 Å².